The van der Waals surface area contributed by atoms with Crippen LogP contribution in [0.5, 0.6) is 5.75 Å². The highest BCUT2D eigenvalue weighted by molar-refractivity contribution is 6.06. The van der Waals surface area contributed by atoms with Gasteiger partial charge in [-0.3, -0.25) is 15.0 Å². The first kappa shape index (κ1) is 24.4. The zero-order chi connectivity index (χ0) is 25.9. The van der Waals surface area contributed by atoms with Crippen molar-refractivity contribution >= 4 is 22.9 Å². The predicted octanol–water partition coefficient (Wildman–Crippen LogP) is 5.05. The molecule has 0 fully saturated rings. The predicted molar refractivity (Wildman–Crippen MR) is 141 cm³/mol. The molecule has 7 nitrogen and oxygen atoms in total. The van der Waals surface area contributed by atoms with E-state index in [1.165, 1.54) is 6.08 Å². The Balaban J connectivity index is 1.78. The Morgan fingerprint density at radius 1 is 1.03 bits per heavy atom. The smallest absolute Gasteiger partial charge is 0.280 e. The summed E-state index contributed by atoms with van der Waals surface area (Å²) in [5.41, 5.74) is 4.89. The number of nitrogens with zero attached hydrogens (tertiary/aromatic N) is 3. The van der Waals surface area contributed by atoms with Gasteiger partial charge in [-0.15, -0.1) is 0 Å². The molecule has 1 aromatic heterocycles. The second kappa shape index (κ2) is 9.88. The highest BCUT2D eigenvalue weighted by Crippen LogP contribution is 2.25. The van der Waals surface area contributed by atoms with Crippen molar-refractivity contribution in [1.29, 1.82) is 5.26 Å². The van der Waals surface area contributed by atoms with Crippen LogP contribution in [0.1, 0.15) is 31.9 Å². The highest BCUT2D eigenvalue weighted by atomic mass is 16.5. The first-order chi connectivity index (χ1) is 17.2. The van der Waals surface area contributed by atoms with Crippen molar-refractivity contribution in [3.8, 4) is 23.2 Å². The van der Waals surface area contributed by atoms with E-state index in [-0.39, 0.29) is 16.8 Å². The van der Waals surface area contributed by atoms with Gasteiger partial charge in [0.1, 0.15) is 17.4 Å². The quantitative estimate of drug-likeness (QED) is 0.320. The number of hydrogen-bond donors (Lipinski definition) is 1. The summed E-state index contributed by atoms with van der Waals surface area (Å²) >= 11 is 0. The van der Waals surface area contributed by atoms with Crippen LogP contribution < -0.4 is 15.7 Å². The summed E-state index contributed by atoms with van der Waals surface area (Å²) in [4.78, 5) is 31.2. The lowest BCUT2D eigenvalue weighted by atomic mass is 9.86. The van der Waals surface area contributed by atoms with Crippen molar-refractivity contribution in [3.05, 3.63) is 99.9 Å². The van der Waals surface area contributed by atoms with Crippen LogP contribution in [0.15, 0.2) is 83.2 Å². The molecule has 180 valence electrons. The zero-order valence-electron chi connectivity index (χ0n) is 20.6. The maximum atomic E-state index is 13.4. The molecule has 4 rings (SSSR count). The van der Waals surface area contributed by atoms with Crippen molar-refractivity contribution in [2.75, 3.05) is 12.5 Å². The van der Waals surface area contributed by atoms with E-state index in [1.807, 2.05) is 30.3 Å². The molecular formula is C29H26N4O3. The molecule has 7 heteroatoms. The lowest BCUT2D eigenvalue weighted by Crippen LogP contribution is -2.35. The Bertz CT molecular complexity index is 1550. The number of benzene rings is 3. The second-order valence-electron chi connectivity index (χ2n) is 9.30. The molecule has 0 unspecified atom stereocenters. The highest BCUT2D eigenvalue weighted by Gasteiger charge is 2.19. The molecule has 0 spiro atoms. The van der Waals surface area contributed by atoms with E-state index in [0.29, 0.717) is 27.8 Å². The molecule has 1 N–H and O–H groups in total. The molecule has 0 aliphatic carbocycles. The van der Waals surface area contributed by atoms with E-state index in [1.54, 1.807) is 55.6 Å². The molecule has 0 saturated carbocycles. The van der Waals surface area contributed by atoms with Gasteiger partial charge in [0.2, 0.25) is 0 Å². The van der Waals surface area contributed by atoms with Crippen LogP contribution >= 0.6 is 0 Å². The molecule has 0 aliphatic rings. The third-order valence-electron chi connectivity index (χ3n) is 5.79. The van der Waals surface area contributed by atoms with Gasteiger partial charge in [0.05, 0.1) is 18.0 Å². The maximum Gasteiger partial charge on any atom is 0.280 e. The van der Waals surface area contributed by atoms with Gasteiger partial charge in [0, 0.05) is 5.56 Å². The minimum Gasteiger partial charge on any atom is -0.497 e. The Morgan fingerprint density at radius 3 is 2.31 bits per heavy atom. The van der Waals surface area contributed by atoms with E-state index >= 15 is 0 Å². The third-order valence-corrected chi connectivity index (χ3v) is 5.79. The number of carbonyl (C=O) groups is 1. The number of amides is 1. The van der Waals surface area contributed by atoms with Gasteiger partial charge in [-0.05, 0) is 46.9 Å². The number of methoxy groups -OCH3 is 1. The molecule has 0 radical (unpaired) electrons. The van der Waals surface area contributed by atoms with Gasteiger partial charge in [0.15, 0.2) is 5.82 Å². The Kier molecular flexibility index (Phi) is 6.71. The number of fused-ring (bicyclic) bond motifs is 1. The summed E-state index contributed by atoms with van der Waals surface area (Å²) in [5.74, 6) is 0.209. The third kappa shape index (κ3) is 5.03. The summed E-state index contributed by atoms with van der Waals surface area (Å²) in [6.07, 6.45) is 1.45. The van der Waals surface area contributed by atoms with Crippen molar-refractivity contribution in [3.63, 3.8) is 0 Å². The Hall–Kier alpha value is -4.70. The number of carbonyl (C=O) groups excluding carboxylic acids is 1. The first-order valence-electron chi connectivity index (χ1n) is 11.4. The van der Waals surface area contributed by atoms with Gasteiger partial charge < -0.3 is 4.74 Å². The van der Waals surface area contributed by atoms with Gasteiger partial charge in [-0.2, -0.15) is 9.94 Å². The zero-order valence-corrected chi connectivity index (χ0v) is 20.6. The van der Waals surface area contributed by atoms with Gasteiger partial charge in [0.25, 0.3) is 11.5 Å². The average molecular weight is 479 g/mol. The molecule has 3 aromatic carbocycles. The van der Waals surface area contributed by atoms with E-state index in [9.17, 15) is 14.9 Å². The molecule has 0 atom stereocenters. The molecule has 1 amide bonds. The Morgan fingerprint density at radius 2 is 1.69 bits per heavy atom. The second-order valence-corrected chi connectivity index (χ2v) is 9.30. The minimum atomic E-state index is -0.722. The number of nitrogens with one attached hydrogen (secondary N) is 1. The molecule has 0 aliphatic heterocycles. The first-order valence-corrected chi connectivity index (χ1v) is 11.4. The number of hydrogen-bond acceptors (Lipinski definition) is 5. The standard InChI is InChI=1S/C29H26N4O3/c1-29(2,3)22-13-11-20(12-14-22)26-31-25-8-6-5-7-24(25)28(35)33(26)32-27(34)21(18-30)17-19-9-15-23(36-4)16-10-19/h5-17H,1-4H3,(H,32,34)/b21-17+. The van der Waals surface area contributed by atoms with Crippen LogP contribution in [0.3, 0.4) is 0 Å². The fourth-order valence-electron chi connectivity index (χ4n) is 3.73. The number of rotatable bonds is 5. The van der Waals surface area contributed by atoms with Gasteiger partial charge in [-0.25, -0.2) is 4.98 Å². The minimum absolute atomic E-state index is 0.0445. The monoisotopic (exact) mass is 478 g/mol. The molecule has 36 heavy (non-hydrogen) atoms. The van der Waals surface area contributed by atoms with Crippen molar-refractivity contribution in [2.45, 2.75) is 26.2 Å². The van der Waals surface area contributed by atoms with E-state index in [4.69, 9.17) is 4.74 Å². The van der Waals surface area contributed by atoms with Gasteiger partial charge >= 0.3 is 0 Å². The summed E-state index contributed by atoms with van der Waals surface area (Å²) in [6, 6.07) is 23.5. The SMILES string of the molecule is COc1ccc(/C=C(\C#N)C(=O)Nn2c(-c3ccc(C(C)(C)C)cc3)nc3ccccc3c2=O)cc1. The number of para-hydroxylation sites is 1. The lowest BCUT2D eigenvalue weighted by molar-refractivity contribution is -0.113. The van der Waals surface area contributed by atoms with Crippen molar-refractivity contribution in [2.24, 2.45) is 0 Å². The van der Waals surface area contributed by atoms with Crippen LogP contribution in [-0.2, 0) is 10.2 Å². The topological polar surface area (TPSA) is 97.0 Å². The van der Waals surface area contributed by atoms with E-state index < -0.39 is 11.5 Å². The van der Waals surface area contributed by atoms with Gasteiger partial charge in [-0.1, -0.05) is 69.3 Å². The number of aromatic nitrogens is 2. The molecule has 0 saturated heterocycles. The Labute approximate surface area is 209 Å². The summed E-state index contributed by atoms with van der Waals surface area (Å²) in [7, 11) is 1.56. The fraction of sp³-hybridized carbons (Fsp3) is 0.172. The van der Waals surface area contributed by atoms with Crippen LogP contribution in [0.25, 0.3) is 28.4 Å². The number of ether oxygens (including phenoxy) is 1. The van der Waals surface area contributed by atoms with Crippen LogP contribution in [0.2, 0.25) is 0 Å². The molecule has 4 aromatic rings. The summed E-state index contributed by atoms with van der Waals surface area (Å²) < 4.78 is 6.25. The fourth-order valence-corrected chi connectivity index (χ4v) is 3.73. The van der Waals surface area contributed by atoms with E-state index in [0.717, 1.165) is 10.2 Å². The van der Waals surface area contributed by atoms with E-state index in [2.05, 4.69) is 31.2 Å². The molecular weight excluding hydrogens is 452 g/mol. The summed E-state index contributed by atoms with van der Waals surface area (Å²) in [5, 5.41) is 10.0. The van der Waals surface area contributed by atoms with Crippen LogP contribution in [-0.4, -0.2) is 22.7 Å². The largest absolute Gasteiger partial charge is 0.497 e. The van der Waals surface area contributed by atoms with Crippen molar-refractivity contribution in [1.82, 2.24) is 9.66 Å². The molecule has 1 heterocycles. The summed E-state index contributed by atoms with van der Waals surface area (Å²) in [6.45, 7) is 6.35. The average Bonchev–Trinajstić information content (AvgIpc) is 2.88. The van der Waals surface area contributed by atoms with Crippen molar-refractivity contribution < 1.29 is 9.53 Å². The lowest BCUT2D eigenvalue weighted by Gasteiger charge is -2.20. The van der Waals surface area contributed by atoms with Crippen LogP contribution in [0.4, 0.5) is 0 Å². The normalized spacial score (nSPS) is 11.7. The molecule has 0 bridgehead atoms. The number of nitriles is 1. The maximum absolute atomic E-state index is 13.4. The van der Waals surface area contributed by atoms with Crippen LogP contribution in [0, 0.1) is 11.3 Å².